The molecule has 6 heteroatoms. The van der Waals surface area contributed by atoms with Gasteiger partial charge in [0.15, 0.2) is 5.13 Å². The van der Waals surface area contributed by atoms with Crippen molar-refractivity contribution in [2.75, 3.05) is 5.32 Å². The summed E-state index contributed by atoms with van der Waals surface area (Å²) in [6.07, 6.45) is 19.0. The number of fused-ring (bicyclic) bond motifs is 7. The first-order chi connectivity index (χ1) is 15.4. The third-order valence-electron chi connectivity index (χ3n) is 9.46. The molecule has 0 aliphatic heterocycles. The van der Waals surface area contributed by atoms with Gasteiger partial charge in [-0.05, 0) is 79.8 Å². The van der Waals surface area contributed by atoms with Crippen LogP contribution in [0.15, 0.2) is 24.5 Å². The number of thiazole rings is 1. The second kappa shape index (κ2) is 6.88. The molecule has 4 aliphatic rings. The maximum absolute atomic E-state index is 11.2. The Morgan fingerprint density at radius 3 is 2.72 bits per heavy atom. The number of nitrogens with zero attached hydrogens (tertiary/aromatic N) is 3. The average molecular weight is 447 g/mol. The van der Waals surface area contributed by atoms with Crippen LogP contribution in [0, 0.1) is 40.9 Å². The second-order valence-corrected chi connectivity index (χ2v) is 11.6. The van der Waals surface area contributed by atoms with E-state index in [0.717, 1.165) is 50.1 Å². The van der Waals surface area contributed by atoms with Gasteiger partial charge in [0.1, 0.15) is 5.60 Å². The molecule has 6 rings (SSSR count). The van der Waals surface area contributed by atoms with Gasteiger partial charge in [0.05, 0.1) is 10.6 Å². The number of hydrogen-bond donors (Lipinski definition) is 2. The van der Waals surface area contributed by atoms with Crippen LogP contribution >= 0.6 is 11.3 Å². The Kier molecular flexibility index (Phi) is 4.38. The largest absolute Gasteiger partial charge is 0.377 e. The Morgan fingerprint density at radius 2 is 1.94 bits per heavy atom. The first kappa shape index (κ1) is 20.4. The Bertz CT molecular complexity index is 1140. The zero-order valence-corrected chi connectivity index (χ0v) is 19.6. The van der Waals surface area contributed by atoms with Gasteiger partial charge in [-0.25, -0.2) is 15.0 Å². The first-order valence-corrected chi connectivity index (χ1v) is 12.6. The zero-order valence-electron chi connectivity index (χ0n) is 18.8. The molecule has 5 nitrogen and oxygen atoms in total. The van der Waals surface area contributed by atoms with Crippen LogP contribution in [0.2, 0.25) is 0 Å². The number of aliphatic hydroxyl groups is 1. The summed E-state index contributed by atoms with van der Waals surface area (Å²) < 4.78 is 0. The van der Waals surface area contributed by atoms with Crippen molar-refractivity contribution in [1.82, 2.24) is 15.0 Å². The van der Waals surface area contributed by atoms with Crippen LogP contribution in [-0.2, 0) is 6.42 Å². The molecule has 0 aromatic carbocycles. The third kappa shape index (κ3) is 2.64. The molecule has 166 valence electrons. The summed E-state index contributed by atoms with van der Waals surface area (Å²) in [6, 6.07) is 1.82. The Morgan fingerprint density at radius 1 is 1.16 bits per heavy atom. The molecule has 2 aromatic rings. The van der Waals surface area contributed by atoms with E-state index in [1.54, 1.807) is 23.7 Å². The molecule has 2 aromatic heterocycles. The van der Waals surface area contributed by atoms with Gasteiger partial charge in [0.25, 0.3) is 0 Å². The highest BCUT2D eigenvalue weighted by molar-refractivity contribution is 7.16. The van der Waals surface area contributed by atoms with Gasteiger partial charge in [-0.2, -0.15) is 0 Å². The van der Waals surface area contributed by atoms with Crippen molar-refractivity contribution in [3.8, 4) is 12.3 Å². The van der Waals surface area contributed by atoms with E-state index in [1.165, 1.54) is 16.1 Å². The van der Waals surface area contributed by atoms with Gasteiger partial charge in [0.2, 0.25) is 5.95 Å². The van der Waals surface area contributed by atoms with E-state index in [0.29, 0.717) is 23.7 Å². The molecule has 0 radical (unpaired) electrons. The van der Waals surface area contributed by atoms with Gasteiger partial charge < -0.3 is 10.4 Å². The molecular weight excluding hydrogens is 416 g/mol. The molecule has 32 heavy (non-hydrogen) atoms. The number of terminal acetylenes is 1. The predicted octanol–water partition coefficient (Wildman–Crippen LogP) is 5.22. The average Bonchev–Trinajstić information content (AvgIpc) is 3.32. The van der Waals surface area contributed by atoms with E-state index < -0.39 is 5.60 Å². The number of nitrogens with one attached hydrogen (secondary N) is 1. The fourth-order valence-corrected chi connectivity index (χ4v) is 8.83. The predicted molar refractivity (Wildman–Crippen MR) is 127 cm³/mol. The lowest BCUT2D eigenvalue weighted by atomic mass is 9.47. The second-order valence-electron chi connectivity index (χ2n) is 10.6. The van der Waals surface area contributed by atoms with Gasteiger partial charge in [-0.3, -0.25) is 0 Å². The van der Waals surface area contributed by atoms with Crippen molar-refractivity contribution in [3.63, 3.8) is 0 Å². The molecule has 0 spiro atoms. The van der Waals surface area contributed by atoms with Crippen LogP contribution in [0.1, 0.15) is 62.9 Å². The number of allylic oxidation sites excluding steroid dienone is 2. The minimum absolute atomic E-state index is 0.151. The number of aromatic nitrogens is 3. The van der Waals surface area contributed by atoms with E-state index in [-0.39, 0.29) is 10.8 Å². The van der Waals surface area contributed by atoms with Crippen molar-refractivity contribution < 1.29 is 5.11 Å². The Hall–Kier alpha value is -2.23. The molecule has 6 atom stereocenters. The molecular formula is C26H30N4OS. The quantitative estimate of drug-likeness (QED) is 0.619. The molecule has 0 bridgehead atoms. The maximum atomic E-state index is 11.2. The van der Waals surface area contributed by atoms with E-state index in [1.807, 2.05) is 6.07 Å². The molecule has 2 saturated carbocycles. The van der Waals surface area contributed by atoms with Crippen LogP contribution in [0.4, 0.5) is 11.1 Å². The summed E-state index contributed by atoms with van der Waals surface area (Å²) in [7, 11) is 0. The van der Waals surface area contributed by atoms with E-state index >= 15 is 0 Å². The van der Waals surface area contributed by atoms with Crippen LogP contribution in [0.3, 0.4) is 0 Å². The van der Waals surface area contributed by atoms with Gasteiger partial charge in [-0.15, -0.1) is 6.42 Å². The number of anilines is 2. The normalized spacial score (nSPS) is 39.7. The van der Waals surface area contributed by atoms with Crippen molar-refractivity contribution in [2.45, 2.75) is 64.4 Å². The number of hydrogen-bond acceptors (Lipinski definition) is 6. The fourth-order valence-electron chi connectivity index (χ4n) is 7.64. The van der Waals surface area contributed by atoms with Crippen molar-refractivity contribution in [3.05, 3.63) is 35.1 Å². The number of rotatable bonds is 2. The molecule has 4 aliphatic carbocycles. The van der Waals surface area contributed by atoms with E-state index in [9.17, 15) is 5.11 Å². The molecule has 2 fully saturated rings. The Labute approximate surface area is 193 Å². The Balaban J connectivity index is 1.34. The van der Waals surface area contributed by atoms with Gasteiger partial charge in [-0.1, -0.05) is 37.2 Å². The highest BCUT2D eigenvalue weighted by Gasteiger charge is 2.63. The third-order valence-corrected chi connectivity index (χ3v) is 10.5. The first-order valence-electron chi connectivity index (χ1n) is 11.8. The highest BCUT2D eigenvalue weighted by atomic mass is 32.1. The summed E-state index contributed by atoms with van der Waals surface area (Å²) in [5, 5.41) is 15.4. The lowest BCUT2D eigenvalue weighted by Gasteiger charge is -2.57. The monoisotopic (exact) mass is 446 g/mol. The SMILES string of the molecule is C#CC1(O)CC[C@H]2[C@@H]3CC=C4c5sc(Nc6ncccn6)nc5CC[C@]4(C)[C@H]3CC[C@@]21C. The standard InChI is InChI=1S/C26H30N4OS/c1-4-26(31)13-9-18-16-6-7-19-21-20(29-23(32-21)30-22-27-14-5-15-28-22)10-11-24(19,2)17(16)8-12-25(18,26)3/h1,5,7,14-18,31H,6,8-13H2,2-3H3,(H,27,28,29,30)/t16-,17+,18+,24-,25+,26?/m1/s1. The summed E-state index contributed by atoms with van der Waals surface area (Å²) in [6.45, 7) is 4.74. The summed E-state index contributed by atoms with van der Waals surface area (Å²) in [5.41, 5.74) is 1.78. The number of aryl methyl sites for hydroxylation is 1. The van der Waals surface area contributed by atoms with Crippen LogP contribution in [0.5, 0.6) is 0 Å². The molecule has 0 saturated heterocycles. The molecule has 2 heterocycles. The van der Waals surface area contributed by atoms with Crippen molar-refractivity contribution >= 4 is 28.0 Å². The lowest BCUT2D eigenvalue weighted by Crippen LogP contribution is -2.53. The van der Waals surface area contributed by atoms with Crippen LogP contribution in [-0.4, -0.2) is 25.7 Å². The van der Waals surface area contributed by atoms with Crippen LogP contribution < -0.4 is 5.32 Å². The highest BCUT2D eigenvalue weighted by Crippen LogP contribution is 2.68. The molecule has 2 N–H and O–H groups in total. The van der Waals surface area contributed by atoms with Gasteiger partial charge in [0, 0.05) is 17.8 Å². The van der Waals surface area contributed by atoms with Crippen molar-refractivity contribution in [1.29, 1.82) is 0 Å². The van der Waals surface area contributed by atoms with Crippen LogP contribution in [0.25, 0.3) is 5.57 Å². The maximum Gasteiger partial charge on any atom is 0.228 e. The summed E-state index contributed by atoms with van der Waals surface area (Å²) in [5.74, 6) is 5.14. The lowest BCUT2D eigenvalue weighted by molar-refractivity contribution is -0.0886. The topological polar surface area (TPSA) is 70.9 Å². The minimum atomic E-state index is -0.939. The van der Waals surface area contributed by atoms with E-state index in [2.05, 4.69) is 41.1 Å². The molecule has 1 unspecified atom stereocenters. The summed E-state index contributed by atoms with van der Waals surface area (Å²) in [4.78, 5) is 14.8. The van der Waals surface area contributed by atoms with E-state index in [4.69, 9.17) is 11.4 Å². The van der Waals surface area contributed by atoms with Gasteiger partial charge >= 0.3 is 0 Å². The molecule has 0 amide bonds. The smallest absolute Gasteiger partial charge is 0.228 e. The van der Waals surface area contributed by atoms with Crippen molar-refractivity contribution in [2.24, 2.45) is 28.6 Å². The summed E-state index contributed by atoms with van der Waals surface area (Å²) >= 11 is 1.74. The minimum Gasteiger partial charge on any atom is -0.377 e. The fraction of sp³-hybridized carbons (Fsp3) is 0.577. The zero-order chi connectivity index (χ0) is 22.1.